The molecule has 0 fully saturated rings. The standard InChI is InChI=1S/C15H20N4O2/c16-11-1-3-13(17)10(7-11)9-19-12-2-4-14(18)15(8-12)21-6-5-20/h1-4,7-8,19-20H,5-6,9,16-18H2. The third-order valence-electron chi connectivity index (χ3n) is 3.01. The van der Waals surface area contributed by atoms with Crippen molar-refractivity contribution < 1.29 is 9.84 Å². The number of nitrogen functional groups attached to an aromatic ring is 3. The van der Waals surface area contributed by atoms with Crippen LogP contribution in [0.15, 0.2) is 36.4 Å². The van der Waals surface area contributed by atoms with Crippen LogP contribution in [0.3, 0.4) is 0 Å². The summed E-state index contributed by atoms with van der Waals surface area (Å²) < 4.78 is 5.36. The van der Waals surface area contributed by atoms with Crippen LogP contribution in [-0.4, -0.2) is 18.3 Å². The van der Waals surface area contributed by atoms with Crippen molar-refractivity contribution in [2.24, 2.45) is 0 Å². The number of rotatable bonds is 6. The van der Waals surface area contributed by atoms with Crippen molar-refractivity contribution in [3.8, 4) is 5.75 Å². The third-order valence-corrected chi connectivity index (χ3v) is 3.01. The molecule has 0 heterocycles. The number of hydrogen-bond acceptors (Lipinski definition) is 6. The van der Waals surface area contributed by atoms with Crippen molar-refractivity contribution in [3.05, 3.63) is 42.0 Å². The highest BCUT2D eigenvalue weighted by molar-refractivity contribution is 5.62. The van der Waals surface area contributed by atoms with Crippen molar-refractivity contribution in [1.82, 2.24) is 0 Å². The van der Waals surface area contributed by atoms with Crippen LogP contribution in [0.25, 0.3) is 0 Å². The molecule has 0 spiro atoms. The Morgan fingerprint density at radius 1 is 1.00 bits per heavy atom. The summed E-state index contributed by atoms with van der Waals surface area (Å²) >= 11 is 0. The van der Waals surface area contributed by atoms with E-state index in [9.17, 15) is 0 Å². The molecule has 2 aromatic carbocycles. The molecule has 2 aromatic rings. The van der Waals surface area contributed by atoms with E-state index in [1.54, 1.807) is 24.3 Å². The molecule has 0 saturated heterocycles. The predicted molar refractivity (Wildman–Crippen MR) is 86.0 cm³/mol. The summed E-state index contributed by atoms with van der Waals surface area (Å²) in [5.41, 5.74) is 21.1. The normalized spacial score (nSPS) is 10.3. The number of anilines is 4. The lowest BCUT2D eigenvalue weighted by atomic mass is 10.1. The van der Waals surface area contributed by atoms with Gasteiger partial charge in [-0.15, -0.1) is 0 Å². The maximum Gasteiger partial charge on any atom is 0.144 e. The van der Waals surface area contributed by atoms with Gasteiger partial charge in [0.2, 0.25) is 0 Å². The fourth-order valence-electron chi connectivity index (χ4n) is 1.90. The SMILES string of the molecule is Nc1ccc(N)c(CNc2ccc(N)c(OCCO)c2)c1. The molecule has 0 aliphatic carbocycles. The van der Waals surface area contributed by atoms with Gasteiger partial charge in [0.15, 0.2) is 0 Å². The average molecular weight is 288 g/mol. The lowest BCUT2D eigenvalue weighted by Gasteiger charge is -2.13. The highest BCUT2D eigenvalue weighted by atomic mass is 16.5. The Kier molecular flexibility index (Phi) is 4.73. The highest BCUT2D eigenvalue weighted by Crippen LogP contribution is 2.26. The topological polar surface area (TPSA) is 120 Å². The van der Waals surface area contributed by atoms with Crippen LogP contribution in [0.5, 0.6) is 5.75 Å². The fourth-order valence-corrected chi connectivity index (χ4v) is 1.90. The number of aliphatic hydroxyl groups is 1. The monoisotopic (exact) mass is 288 g/mol. The number of aliphatic hydroxyl groups excluding tert-OH is 1. The van der Waals surface area contributed by atoms with Crippen LogP contribution in [-0.2, 0) is 6.54 Å². The van der Waals surface area contributed by atoms with Crippen LogP contribution >= 0.6 is 0 Å². The zero-order valence-electron chi connectivity index (χ0n) is 11.7. The number of nitrogens with two attached hydrogens (primary N) is 3. The van der Waals surface area contributed by atoms with Crippen molar-refractivity contribution in [1.29, 1.82) is 0 Å². The van der Waals surface area contributed by atoms with Gasteiger partial charge in [0.05, 0.1) is 12.3 Å². The van der Waals surface area contributed by atoms with Crippen molar-refractivity contribution in [2.45, 2.75) is 6.54 Å². The largest absolute Gasteiger partial charge is 0.489 e. The van der Waals surface area contributed by atoms with Gasteiger partial charge in [-0.2, -0.15) is 0 Å². The van der Waals surface area contributed by atoms with Gasteiger partial charge in [0, 0.05) is 29.7 Å². The van der Waals surface area contributed by atoms with Gasteiger partial charge in [0.25, 0.3) is 0 Å². The van der Waals surface area contributed by atoms with E-state index in [0.717, 1.165) is 11.3 Å². The Balaban J connectivity index is 2.07. The fraction of sp³-hybridized carbons (Fsp3) is 0.200. The van der Waals surface area contributed by atoms with Gasteiger partial charge in [-0.3, -0.25) is 0 Å². The first-order valence-electron chi connectivity index (χ1n) is 6.61. The van der Waals surface area contributed by atoms with Gasteiger partial charge in [-0.05, 0) is 35.9 Å². The van der Waals surface area contributed by atoms with E-state index in [-0.39, 0.29) is 13.2 Å². The van der Waals surface area contributed by atoms with Crippen molar-refractivity contribution in [3.63, 3.8) is 0 Å². The zero-order chi connectivity index (χ0) is 15.2. The van der Waals surface area contributed by atoms with Crippen molar-refractivity contribution in [2.75, 3.05) is 35.7 Å². The van der Waals surface area contributed by atoms with E-state index in [0.29, 0.717) is 29.4 Å². The molecule has 6 heteroatoms. The van der Waals surface area contributed by atoms with E-state index < -0.39 is 0 Å². The minimum atomic E-state index is -0.0586. The Morgan fingerprint density at radius 2 is 1.76 bits per heavy atom. The number of hydrogen-bond donors (Lipinski definition) is 5. The second-order valence-electron chi connectivity index (χ2n) is 4.64. The summed E-state index contributed by atoms with van der Waals surface area (Å²) in [6, 6.07) is 10.8. The van der Waals surface area contributed by atoms with Crippen LogP contribution in [0.1, 0.15) is 5.56 Å². The summed E-state index contributed by atoms with van der Waals surface area (Å²) in [6.45, 7) is 0.687. The molecule has 112 valence electrons. The van der Waals surface area contributed by atoms with Crippen LogP contribution in [0, 0.1) is 0 Å². The molecule has 0 radical (unpaired) electrons. The minimum absolute atomic E-state index is 0.0586. The first-order chi connectivity index (χ1) is 10.1. The maximum absolute atomic E-state index is 8.79. The van der Waals surface area contributed by atoms with Crippen molar-refractivity contribution >= 4 is 22.7 Å². The van der Waals surface area contributed by atoms with Gasteiger partial charge in [-0.1, -0.05) is 0 Å². The first-order valence-corrected chi connectivity index (χ1v) is 6.61. The maximum atomic E-state index is 8.79. The van der Waals surface area contributed by atoms with Crippen LogP contribution in [0.4, 0.5) is 22.7 Å². The predicted octanol–water partition coefficient (Wildman–Crippen LogP) is 1.42. The summed E-state index contributed by atoms with van der Waals surface area (Å²) in [4.78, 5) is 0. The molecule has 2 rings (SSSR count). The summed E-state index contributed by atoms with van der Waals surface area (Å²) in [5, 5.41) is 12.0. The molecule has 0 amide bonds. The second kappa shape index (κ2) is 6.71. The van der Waals surface area contributed by atoms with E-state index in [1.165, 1.54) is 0 Å². The first kappa shape index (κ1) is 14.8. The average Bonchev–Trinajstić information content (AvgIpc) is 2.48. The molecule has 0 aliphatic heterocycles. The summed E-state index contributed by atoms with van der Waals surface area (Å²) in [5.74, 6) is 0.537. The molecular formula is C15H20N4O2. The van der Waals surface area contributed by atoms with Gasteiger partial charge < -0.3 is 32.4 Å². The molecule has 0 aliphatic rings. The molecule has 0 saturated carbocycles. The lowest BCUT2D eigenvalue weighted by Crippen LogP contribution is -2.06. The van der Waals surface area contributed by atoms with E-state index >= 15 is 0 Å². The number of ether oxygens (including phenoxy) is 1. The molecular weight excluding hydrogens is 268 g/mol. The van der Waals surface area contributed by atoms with Crippen LogP contribution in [0.2, 0.25) is 0 Å². The zero-order valence-corrected chi connectivity index (χ0v) is 11.7. The van der Waals surface area contributed by atoms with E-state index in [2.05, 4.69) is 5.32 Å². The summed E-state index contributed by atoms with van der Waals surface area (Å²) in [7, 11) is 0. The number of nitrogens with one attached hydrogen (secondary N) is 1. The Labute approximate surface area is 123 Å². The molecule has 0 bridgehead atoms. The lowest BCUT2D eigenvalue weighted by molar-refractivity contribution is 0.202. The minimum Gasteiger partial charge on any atom is -0.489 e. The smallest absolute Gasteiger partial charge is 0.144 e. The van der Waals surface area contributed by atoms with Gasteiger partial charge in [-0.25, -0.2) is 0 Å². The third kappa shape index (κ3) is 3.93. The molecule has 0 unspecified atom stereocenters. The second-order valence-corrected chi connectivity index (χ2v) is 4.64. The molecule has 0 aromatic heterocycles. The molecule has 0 atom stereocenters. The number of benzene rings is 2. The summed E-state index contributed by atoms with van der Waals surface area (Å²) in [6.07, 6.45) is 0. The van der Waals surface area contributed by atoms with Gasteiger partial charge >= 0.3 is 0 Å². The Bertz CT molecular complexity index is 617. The Hall–Kier alpha value is -2.60. The molecule has 6 nitrogen and oxygen atoms in total. The van der Waals surface area contributed by atoms with Crippen LogP contribution < -0.4 is 27.3 Å². The Morgan fingerprint density at radius 3 is 2.52 bits per heavy atom. The molecule has 8 N–H and O–H groups in total. The van der Waals surface area contributed by atoms with E-state index in [4.69, 9.17) is 27.0 Å². The van der Waals surface area contributed by atoms with E-state index in [1.807, 2.05) is 12.1 Å². The quantitative estimate of drug-likeness (QED) is 0.513. The molecule has 21 heavy (non-hydrogen) atoms. The highest BCUT2D eigenvalue weighted by Gasteiger charge is 2.04. The van der Waals surface area contributed by atoms with Gasteiger partial charge in [0.1, 0.15) is 12.4 Å².